The SMILES string of the molecule is CCCNCc1ccncc1N(CCC)CC(F)(F)F. The molecule has 1 rings (SSSR count). The predicted molar refractivity (Wildman–Crippen MR) is 74.8 cm³/mol. The van der Waals surface area contributed by atoms with E-state index in [4.69, 9.17) is 0 Å². The summed E-state index contributed by atoms with van der Waals surface area (Å²) in [5, 5.41) is 3.22. The Labute approximate surface area is 118 Å². The molecule has 6 heteroatoms. The molecule has 0 radical (unpaired) electrons. The van der Waals surface area contributed by atoms with Crippen molar-refractivity contribution in [3.8, 4) is 0 Å². The van der Waals surface area contributed by atoms with E-state index in [2.05, 4.69) is 10.3 Å². The summed E-state index contributed by atoms with van der Waals surface area (Å²) < 4.78 is 38.0. The molecule has 0 aromatic carbocycles. The third-order valence-electron chi connectivity index (χ3n) is 2.83. The Bertz CT molecular complexity index is 393. The van der Waals surface area contributed by atoms with Crippen LogP contribution >= 0.6 is 0 Å². The first-order valence-electron chi connectivity index (χ1n) is 6.93. The Balaban J connectivity index is 2.88. The lowest BCUT2D eigenvalue weighted by Gasteiger charge is -2.27. The summed E-state index contributed by atoms with van der Waals surface area (Å²) in [6, 6.07) is 1.77. The number of alkyl halides is 3. The summed E-state index contributed by atoms with van der Waals surface area (Å²) in [5.41, 5.74) is 1.42. The zero-order chi connectivity index (χ0) is 15.0. The van der Waals surface area contributed by atoms with Crippen LogP contribution in [0.1, 0.15) is 32.3 Å². The Morgan fingerprint density at radius 3 is 2.60 bits per heavy atom. The molecule has 0 amide bonds. The number of nitrogens with zero attached hydrogens (tertiary/aromatic N) is 2. The van der Waals surface area contributed by atoms with Gasteiger partial charge in [-0.25, -0.2) is 0 Å². The molecule has 0 unspecified atom stereocenters. The summed E-state index contributed by atoms with van der Waals surface area (Å²) >= 11 is 0. The molecule has 0 saturated heterocycles. The molecule has 0 fully saturated rings. The highest BCUT2D eigenvalue weighted by Gasteiger charge is 2.31. The van der Waals surface area contributed by atoms with E-state index in [1.54, 1.807) is 12.3 Å². The normalized spacial score (nSPS) is 11.7. The number of pyridine rings is 1. The van der Waals surface area contributed by atoms with Crippen LogP contribution in [0.3, 0.4) is 0 Å². The molecule has 0 bridgehead atoms. The largest absolute Gasteiger partial charge is 0.405 e. The molecular weight excluding hydrogens is 267 g/mol. The summed E-state index contributed by atoms with van der Waals surface area (Å²) in [6.07, 6.45) is 0.572. The zero-order valence-corrected chi connectivity index (χ0v) is 12.0. The molecule has 3 nitrogen and oxygen atoms in total. The molecule has 1 aromatic heterocycles. The van der Waals surface area contributed by atoms with Gasteiger partial charge in [-0.3, -0.25) is 4.98 Å². The number of hydrogen-bond donors (Lipinski definition) is 1. The fourth-order valence-electron chi connectivity index (χ4n) is 2.02. The van der Waals surface area contributed by atoms with Gasteiger partial charge in [-0.1, -0.05) is 13.8 Å². The van der Waals surface area contributed by atoms with Crippen LogP contribution in [0.5, 0.6) is 0 Å². The van der Waals surface area contributed by atoms with E-state index in [1.807, 2.05) is 13.8 Å². The Kier molecular flexibility index (Phi) is 6.78. The lowest BCUT2D eigenvalue weighted by molar-refractivity contribution is -0.119. The molecule has 114 valence electrons. The molecule has 0 saturated carbocycles. The molecule has 0 spiro atoms. The van der Waals surface area contributed by atoms with Crippen LogP contribution in [0, 0.1) is 0 Å². The first-order valence-corrected chi connectivity index (χ1v) is 6.93. The minimum absolute atomic E-state index is 0.367. The van der Waals surface area contributed by atoms with Crippen LogP contribution in [-0.4, -0.2) is 30.8 Å². The van der Waals surface area contributed by atoms with Gasteiger partial charge in [-0.2, -0.15) is 13.2 Å². The zero-order valence-electron chi connectivity index (χ0n) is 12.0. The third kappa shape index (κ3) is 5.77. The summed E-state index contributed by atoms with van der Waals surface area (Å²) in [4.78, 5) is 5.33. The Morgan fingerprint density at radius 2 is 2.00 bits per heavy atom. The minimum atomic E-state index is -4.21. The van der Waals surface area contributed by atoms with Gasteiger partial charge in [0.25, 0.3) is 0 Å². The number of aromatic nitrogens is 1. The lowest BCUT2D eigenvalue weighted by Crippen LogP contribution is -2.35. The van der Waals surface area contributed by atoms with Crippen molar-refractivity contribution in [3.63, 3.8) is 0 Å². The van der Waals surface area contributed by atoms with Gasteiger partial charge in [0, 0.05) is 19.3 Å². The van der Waals surface area contributed by atoms with E-state index >= 15 is 0 Å². The predicted octanol–water partition coefficient (Wildman–Crippen LogP) is 3.36. The molecule has 0 atom stereocenters. The van der Waals surface area contributed by atoms with Gasteiger partial charge in [-0.15, -0.1) is 0 Å². The van der Waals surface area contributed by atoms with Crippen LogP contribution in [0.25, 0.3) is 0 Å². The molecule has 1 N–H and O–H groups in total. The number of halogens is 3. The fourth-order valence-corrected chi connectivity index (χ4v) is 2.02. The second-order valence-electron chi connectivity index (χ2n) is 4.72. The second-order valence-corrected chi connectivity index (χ2v) is 4.72. The number of nitrogens with one attached hydrogen (secondary N) is 1. The monoisotopic (exact) mass is 289 g/mol. The Hall–Kier alpha value is -1.30. The molecule has 1 aromatic rings. The van der Waals surface area contributed by atoms with Gasteiger partial charge >= 0.3 is 6.18 Å². The summed E-state index contributed by atoms with van der Waals surface area (Å²) in [7, 11) is 0. The van der Waals surface area contributed by atoms with Gasteiger partial charge in [0.2, 0.25) is 0 Å². The first-order chi connectivity index (χ1) is 9.48. The third-order valence-corrected chi connectivity index (χ3v) is 2.83. The van der Waals surface area contributed by atoms with E-state index in [1.165, 1.54) is 11.1 Å². The van der Waals surface area contributed by atoms with E-state index < -0.39 is 12.7 Å². The van der Waals surface area contributed by atoms with Crippen LogP contribution in [0.2, 0.25) is 0 Å². The van der Waals surface area contributed by atoms with Crippen LogP contribution in [0.15, 0.2) is 18.5 Å². The van der Waals surface area contributed by atoms with Crippen molar-refractivity contribution < 1.29 is 13.2 Å². The maximum atomic E-state index is 12.7. The van der Waals surface area contributed by atoms with Crippen LogP contribution < -0.4 is 10.2 Å². The first kappa shape index (κ1) is 16.8. The van der Waals surface area contributed by atoms with Crippen molar-refractivity contribution >= 4 is 5.69 Å². The molecule has 0 aliphatic carbocycles. The van der Waals surface area contributed by atoms with E-state index in [-0.39, 0.29) is 0 Å². The van der Waals surface area contributed by atoms with Gasteiger partial charge < -0.3 is 10.2 Å². The summed E-state index contributed by atoms with van der Waals surface area (Å²) in [6.45, 7) is 4.75. The van der Waals surface area contributed by atoms with E-state index in [0.29, 0.717) is 25.2 Å². The molecule has 20 heavy (non-hydrogen) atoms. The second kappa shape index (κ2) is 8.09. The van der Waals surface area contributed by atoms with Gasteiger partial charge in [0.05, 0.1) is 11.9 Å². The molecule has 0 aliphatic rings. The van der Waals surface area contributed by atoms with Gasteiger partial charge in [-0.05, 0) is 31.0 Å². The van der Waals surface area contributed by atoms with Crippen molar-refractivity contribution in [3.05, 3.63) is 24.0 Å². The van der Waals surface area contributed by atoms with Crippen molar-refractivity contribution in [1.82, 2.24) is 10.3 Å². The molecule has 0 aliphatic heterocycles. The lowest BCUT2D eigenvalue weighted by atomic mass is 10.2. The number of rotatable bonds is 8. The van der Waals surface area contributed by atoms with Crippen molar-refractivity contribution in [2.75, 3.05) is 24.5 Å². The smallest absolute Gasteiger partial charge is 0.361 e. The highest BCUT2D eigenvalue weighted by molar-refractivity contribution is 5.51. The van der Waals surface area contributed by atoms with E-state index in [0.717, 1.165) is 18.5 Å². The average Bonchev–Trinajstić information content (AvgIpc) is 2.38. The highest BCUT2D eigenvalue weighted by Crippen LogP contribution is 2.24. The maximum absolute atomic E-state index is 12.7. The van der Waals surface area contributed by atoms with Crippen LogP contribution in [-0.2, 0) is 6.54 Å². The van der Waals surface area contributed by atoms with Crippen molar-refractivity contribution in [1.29, 1.82) is 0 Å². The number of anilines is 1. The quantitative estimate of drug-likeness (QED) is 0.744. The summed E-state index contributed by atoms with van der Waals surface area (Å²) in [5.74, 6) is 0. The van der Waals surface area contributed by atoms with Crippen molar-refractivity contribution in [2.45, 2.75) is 39.4 Å². The van der Waals surface area contributed by atoms with E-state index in [9.17, 15) is 13.2 Å². The molecular formula is C14H22F3N3. The van der Waals surface area contributed by atoms with Crippen LogP contribution in [0.4, 0.5) is 18.9 Å². The topological polar surface area (TPSA) is 28.2 Å². The van der Waals surface area contributed by atoms with Gasteiger partial charge in [0.1, 0.15) is 6.54 Å². The number of hydrogen-bond acceptors (Lipinski definition) is 3. The minimum Gasteiger partial charge on any atom is -0.361 e. The average molecular weight is 289 g/mol. The highest BCUT2D eigenvalue weighted by atomic mass is 19.4. The molecule has 1 heterocycles. The maximum Gasteiger partial charge on any atom is 0.405 e. The fraction of sp³-hybridized carbons (Fsp3) is 0.643. The standard InChI is InChI=1S/C14H22F3N3/c1-3-6-18-9-12-5-7-19-10-13(12)20(8-4-2)11-14(15,16)17/h5,7,10,18H,3-4,6,8-9,11H2,1-2H3. The van der Waals surface area contributed by atoms with Gasteiger partial charge in [0.15, 0.2) is 0 Å². The van der Waals surface area contributed by atoms with Crippen molar-refractivity contribution in [2.24, 2.45) is 0 Å². The Morgan fingerprint density at radius 1 is 1.25 bits per heavy atom.